The van der Waals surface area contributed by atoms with Gasteiger partial charge in [0.05, 0.1) is 11.1 Å². The van der Waals surface area contributed by atoms with Crippen molar-refractivity contribution >= 4 is 15.9 Å². The molecule has 2 aliphatic rings. The molecule has 0 aliphatic heterocycles. The topological polar surface area (TPSA) is 35.2 Å². The van der Waals surface area contributed by atoms with Crippen molar-refractivity contribution in [1.29, 1.82) is 0 Å². The highest BCUT2D eigenvalue weighted by Crippen LogP contribution is 2.61. The maximum absolute atomic E-state index is 6.45. The number of halogens is 1. The normalized spacial score (nSPS) is 29.9. The van der Waals surface area contributed by atoms with E-state index in [1.54, 1.807) is 0 Å². The lowest BCUT2D eigenvalue weighted by Crippen LogP contribution is -2.15. The lowest BCUT2D eigenvalue weighted by atomic mass is 9.98. The Morgan fingerprint density at radius 1 is 1.37 bits per heavy atom. The Labute approximate surface area is 123 Å². The van der Waals surface area contributed by atoms with Crippen LogP contribution in [0.3, 0.4) is 0 Å². The first-order valence-electron chi connectivity index (χ1n) is 7.40. The number of ether oxygens (including phenoxy) is 1. The molecule has 2 fully saturated rings. The van der Waals surface area contributed by atoms with Crippen molar-refractivity contribution in [3.63, 3.8) is 0 Å². The van der Waals surface area contributed by atoms with Crippen LogP contribution in [0.4, 0.5) is 0 Å². The molecule has 2 nitrogen and oxygen atoms in total. The number of benzene rings is 1. The molecule has 0 heterocycles. The fourth-order valence-corrected chi connectivity index (χ4v) is 4.20. The van der Waals surface area contributed by atoms with E-state index in [1.165, 1.54) is 24.8 Å². The highest BCUT2D eigenvalue weighted by atomic mass is 79.9. The Kier molecular flexibility index (Phi) is 3.86. The summed E-state index contributed by atoms with van der Waals surface area (Å²) in [6, 6.07) is 6.53. The highest BCUT2D eigenvalue weighted by molar-refractivity contribution is 9.10. The lowest BCUT2D eigenvalue weighted by Gasteiger charge is -2.16. The van der Waals surface area contributed by atoms with Gasteiger partial charge in [0.15, 0.2) is 0 Å². The third-order valence-corrected chi connectivity index (χ3v) is 5.31. The van der Waals surface area contributed by atoms with Gasteiger partial charge >= 0.3 is 0 Å². The van der Waals surface area contributed by atoms with E-state index in [0.29, 0.717) is 0 Å². The summed E-state index contributed by atoms with van der Waals surface area (Å²) >= 11 is 3.60. The predicted octanol–water partition coefficient (Wildman–Crippen LogP) is 4.28. The first-order chi connectivity index (χ1) is 9.22. The zero-order valence-electron chi connectivity index (χ0n) is 11.4. The van der Waals surface area contributed by atoms with E-state index in [-0.39, 0.29) is 6.04 Å². The van der Waals surface area contributed by atoms with Gasteiger partial charge in [-0.1, -0.05) is 19.4 Å². The number of hydrogen-bond donors (Lipinski definition) is 1. The maximum Gasteiger partial charge on any atom is 0.133 e. The van der Waals surface area contributed by atoms with Crippen LogP contribution in [0.1, 0.15) is 44.2 Å². The van der Waals surface area contributed by atoms with Gasteiger partial charge in [0.25, 0.3) is 0 Å². The average molecular weight is 324 g/mol. The third kappa shape index (κ3) is 2.55. The Balaban J connectivity index is 1.69. The van der Waals surface area contributed by atoms with E-state index in [9.17, 15) is 0 Å². The van der Waals surface area contributed by atoms with Crippen LogP contribution >= 0.6 is 15.9 Å². The Hall–Kier alpha value is -0.540. The van der Waals surface area contributed by atoms with Crippen LogP contribution in [0.2, 0.25) is 0 Å². The number of rotatable bonds is 5. The lowest BCUT2D eigenvalue weighted by molar-refractivity contribution is 0.315. The third-order valence-electron chi connectivity index (χ3n) is 4.69. The van der Waals surface area contributed by atoms with Gasteiger partial charge in [-0.2, -0.15) is 0 Å². The molecule has 2 saturated carbocycles. The quantitative estimate of drug-likeness (QED) is 0.877. The van der Waals surface area contributed by atoms with Crippen LogP contribution in [0.15, 0.2) is 22.7 Å². The SMILES string of the molecule is CCCOc1ccc(C(N)C2C3CCCC32)cc1Br. The zero-order chi connectivity index (χ0) is 13.4. The van der Waals surface area contributed by atoms with Crippen molar-refractivity contribution in [1.82, 2.24) is 0 Å². The van der Waals surface area contributed by atoms with Crippen LogP contribution in [-0.2, 0) is 0 Å². The Bertz CT molecular complexity index is 452. The summed E-state index contributed by atoms with van der Waals surface area (Å²) in [6.45, 7) is 2.88. The predicted molar refractivity (Wildman–Crippen MR) is 81.2 cm³/mol. The van der Waals surface area contributed by atoms with Crippen LogP contribution in [-0.4, -0.2) is 6.61 Å². The van der Waals surface area contributed by atoms with Crippen molar-refractivity contribution in [3.8, 4) is 5.75 Å². The first-order valence-corrected chi connectivity index (χ1v) is 8.19. The minimum atomic E-state index is 0.201. The molecule has 1 aromatic carbocycles. The standard InChI is InChI=1S/C16H22BrNO/c1-2-8-19-14-7-6-10(9-13(14)17)16(18)15-11-4-3-5-12(11)15/h6-7,9,11-12,15-16H,2-5,8,18H2,1H3. The molecule has 0 aromatic heterocycles. The molecule has 1 aromatic rings. The molecular formula is C16H22BrNO. The smallest absolute Gasteiger partial charge is 0.133 e. The maximum atomic E-state index is 6.45. The summed E-state index contributed by atoms with van der Waals surface area (Å²) in [6.07, 6.45) is 5.22. The van der Waals surface area contributed by atoms with E-state index in [0.717, 1.165) is 41.0 Å². The Morgan fingerprint density at radius 2 is 2.11 bits per heavy atom. The Morgan fingerprint density at radius 3 is 2.74 bits per heavy atom. The molecule has 0 spiro atoms. The van der Waals surface area contributed by atoms with E-state index in [4.69, 9.17) is 10.5 Å². The summed E-state index contributed by atoms with van der Waals surface area (Å²) < 4.78 is 6.71. The van der Waals surface area contributed by atoms with Crippen molar-refractivity contribution in [2.75, 3.05) is 6.61 Å². The number of fused-ring (bicyclic) bond motifs is 1. The molecule has 0 bridgehead atoms. The molecule has 3 rings (SSSR count). The largest absolute Gasteiger partial charge is 0.492 e. The molecule has 104 valence electrons. The molecule has 0 amide bonds. The van der Waals surface area contributed by atoms with Crippen molar-refractivity contribution in [3.05, 3.63) is 28.2 Å². The molecule has 3 atom stereocenters. The summed E-state index contributed by atoms with van der Waals surface area (Å²) in [5.41, 5.74) is 7.69. The summed E-state index contributed by atoms with van der Waals surface area (Å²) in [4.78, 5) is 0. The van der Waals surface area contributed by atoms with Gasteiger partial charge in [0.1, 0.15) is 5.75 Å². The minimum Gasteiger partial charge on any atom is -0.492 e. The van der Waals surface area contributed by atoms with Crippen molar-refractivity contribution < 1.29 is 4.74 Å². The fraction of sp³-hybridized carbons (Fsp3) is 0.625. The van der Waals surface area contributed by atoms with Crippen LogP contribution in [0.25, 0.3) is 0 Å². The second-order valence-corrected chi connectivity index (χ2v) is 6.75. The van der Waals surface area contributed by atoms with Gasteiger partial charge < -0.3 is 10.5 Å². The molecular weight excluding hydrogens is 302 g/mol. The fourth-order valence-electron chi connectivity index (χ4n) is 3.69. The van der Waals surface area contributed by atoms with Gasteiger partial charge in [-0.15, -0.1) is 0 Å². The molecule has 0 radical (unpaired) electrons. The van der Waals surface area contributed by atoms with Crippen molar-refractivity contribution in [2.24, 2.45) is 23.5 Å². The van der Waals surface area contributed by atoms with E-state index >= 15 is 0 Å². The molecule has 2 aliphatic carbocycles. The van der Waals surface area contributed by atoms with E-state index in [1.807, 2.05) is 6.07 Å². The van der Waals surface area contributed by atoms with Gasteiger partial charge in [0.2, 0.25) is 0 Å². The van der Waals surface area contributed by atoms with E-state index in [2.05, 4.69) is 35.0 Å². The zero-order valence-corrected chi connectivity index (χ0v) is 13.0. The minimum absolute atomic E-state index is 0.201. The molecule has 2 N–H and O–H groups in total. The second kappa shape index (κ2) is 5.45. The first kappa shape index (κ1) is 13.4. The summed E-state index contributed by atoms with van der Waals surface area (Å²) in [5.74, 6) is 3.46. The van der Waals surface area contributed by atoms with E-state index < -0.39 is 0 Å². The van der Waals surface area contributed by atoms with Crippen LogP contribution in [0.5, 0.6) is 5.75 Å². The second-order valence-electron chi connectivity index (χ2n) is 5.90. The molecule has 0 saturated heterocycles. The van der Waals surface area contributed by atoms with Gasteiger partial charge in [-0.05, 0) is 70.6 Å². The van der Waals surface area contributed by atoms with Crippen LogP contribution < -0.4 is 10.5 Å². The average Bonchev–Trinajstić information content (AvgIpc) is 2.89. The van der Waals surface area contributed by atoms with Crippen molar-refractivity contribution in [2.45, 2.75) is 38.6 Å². The van der Waals surface area contributed by atoms with Gasteiger partial charge in [0, 0.05) is 6.04 Å². The molecule has 19 heavy (non-hydrogen) atoms. The monoisotopic (exact) mass is 323 g/mol. The molecule has 3 unspecified atom stereocenters. The summed E-state index contributed by atoms with van der Waals surface area (Å²) in [5, 5.41) is 0. The number of hydrogen-bond acceptors (Lipinski definition) is 2. The summed E-state index contributed by atoms with van der Waals surface area (Å²) in [7, 11) is 0. The van der Waals surface area contributed by atoms with Crippen LogP contribution in [0, 0.1) is 17.8 Å². The molecule has 3 heteroatoms. The number of nitrogens with two attached hydrogens (primary N) is 1. The van der Waals surface area contributed by atoms with Gasteiger partial charge in [-0.25, -0.2) is 0 Å². The highest BCUT2D eigenvalue weighted by Gasteiger charge is 2.55. The van der Waals surface area contributed by atoms with Gasteiger partial charge in [-0.3, -0.25) is 0 Å².